The van der Waals surface area contributed by atoms with Gasteiger partial charge in [0, 0.05) is 51.2 Å². The average molecular weight is 312 g/mol. The number of urea groups is 1. The van der Waals surface area contributed by atoms with Crippen molar-refractivity contribution < 1.29 is 9.00 Å². The van der Waals surface area contributed by atoms with Crippen molar-refractivity contribution in [2.45, 2.75) is 29.2 Å². The van der Waals surface area contributed by atoms with E-state index in [1.54, 1.807) is 18.4 Å². The number of benzene rings is 1. The van der Waals surface area contributed by atoms with Crippen LogP contribution >= 0.6 is 11.8 Å². The Labute approximate surface area is 126 Å². The van der Waals surface area contributed by atoms with Crippen molar-refractivity contribution in [3.05, 3.63) is 24.3 Å². The lowest BCUT2D eigenvalue weighted by molar-refractivity contribution is 0.211. The van der Waals surface area contributed by atoms with Crippen LogP contribution < -0.4 is 5.32 Å². The highest BCUT2D eigenvalue weighted by Gasteiger charge is 2.25. The number of thioether (sulfide) groups is 1. The van der Waals surface area contributed by atoms with Gasteiger partial charge in [-0.05, 0) is 18.2 Å². The molecular formula is C14H20N2O2S2. The molecule has 0 bridgehead atoms. The fourth-order valence-corrected chi connectivity index (χ4v) is 4.19. The van der Waals surface area contributed by atoms with Gasteiger partial charge in [0.05, 0.1) is 0 Å². The van der Waals surface area contributed by atoms with Gasteiger partial charge in [-0.25, -0.2) is 4.79 Å². The first-order valence-electron chi connectivity index (χ1n) is 6.60. The maximum absolute atomic E-state index is 12.3. The largest absolute Gasteiger partial charge is 0.322 e. The molecule has 20 heavy (non-hydrogen) atoms. The molecule has 1 aromatic rings. The second kappa shape index (κ2) is 6.63. The molecule has 6 heteroatoms. The summed E-state index contributed by atoms with van der Waals surface area (Å²) in [5.74, 6) is 0. The zero-order chi connectivity index (χ0) is 14.7. The van der Waals surface area contributed by atoms with Crippen molar-refractivity contribution in [1.82, 2.24) is 4.90 Å². The summed E-state index contributed by atoms with van der Waals surface area (Å²) >= 11 is 1.91. The number of hydrogen-bond acceptors (Lipinski definition) is 3. The van der Waals surface area contributed by atoms with Gasteiger partial charge < -0.3 is 10.2 Å². The molecule has 2 rings (SSSR count). The number of carbonyl (C=O) groups is 1. The van der Waals surface area contributed by atoms with Crippen LogP contribution in [0, 0.1) is 0 Å². The van der Waals surface area contributed by atoms with Crippen molar-refractivity contribution in [3.63, 3.8) is 0 Å². The second-order valence-electron chi connectivity index (χ2n) is 5.07. The molecule has 1 aliphatic heterocycles. The number of hydrogen-bond donors (Lipinski definition) is 1. The third-order valence-corrected chi connectivity index (χ3v) is 5.27. The highest BCUT2D eigenvalue weighted by molar-refractivity contribution is 8.00. The molecule has 3 unspecified atom stereocenters. The van der Waals surface area contributed by atoms with Gasteiger partial charge in [0.15, 0.2) is 0 Å². The fourth-order valence-electron chi connectivity index (χ4n) is 2.30. The summed E-state index contributed by atoms with van der Waals surface area (Å²) in [5, 5.41) is 3.81. The number of carbonyl (C=O) groups excluding carboxylic acids is 1. The Bertz CT molecular complexity index is 512. The SMILES string of the molecule is CC1CN(C(=O)Nc2cccc(S(C)=O)c2)CC(C)S1. The number of anilines is 1. The first-order valence-corrected chi connectivity index (χ1v) is 9.10. The normalized spacial score (nSPS) is 24.2. The van der Waals surface area contributed by atoms with E-state index < -0.39 is 10.8 Å². The number of amides is 2. The van der Waals surface area contributed by atoms with Gasteiger partial charge in [-0.3, -0.25) is 4.21 Å². The molecule has 0 aliphatic carbocycles. The lowest BCUT2D eigenvalue weighted by Gasteiger charge is -2.34. The molecule has 0 saturated carbocycles. The van der Waals surface area contributed by atoms with Crippen LogP contribution in [0.3, 0.4) is 0 Å². The lowest BCUT2D eigenvalue weighted by Crippen LogP contribution is -2.46. The van der Waals surface area contributed by atoms with Gasteiger partial charge in [0.25, 0.3) is 0 Å². The summed E-state index contributed by atoms with van der Waals surface area (Å²) in [7, 11) is -1.04. The van der Waals surface area contributed by atoms with E-state index in [2.05, 4.69) is 19.2 Å². The van der Waals surface area contributed by atoms with E-state index in [9.17, 15) is 9.00 Å². The molecule has 0 spiro atoms. The average Bonchev–Trinajstić information content (AvgIpc) is 2.37. The third kappa shape index (κ3) is 3.99. The van der Waals surface area contributed by atoms with Crippen molar-refractivity contribution in [1.29, 1.82) is 0 Å². The monoisotopic (exact) mass is 312 g/mol. The molecule has 110 valence electrons. The Morgan fingerprint density at radius 1 is 1.35 bits per heavy atom. The highest BCUT2D eigenvalue weighted by Crippen LogP contribution is 2.25. The smallest absolute Gasteiger partial charge is 0.321 e. The molecule has 0 radical (unpaired) electrons. The van der Waals surface area contributed by atoms with E-state index in [1.807, 2.05) is 28.8 Å². The van der Waals surface area contributed by atoms with Crippen molar-refractivity contribution in [3.8, 4) is 0 Å². The van der Waals surface area contributed by atoms with E-state index >= 15 is 0 Å². The Balaban J connectivity index is 2.04. The van der Waals surface area contributed by atoms with Gasteiger partial charge in [-0.15, -0.1) is 0 Å². The molecular weight excluding hydrogens is 292 g/mol. The number of nitrogens with one attached hydrogen (secondary N) is 1. The topological polar surface area (TPSA) is 49.4 Å². The van der Waals surface area contributed by atoms with Gasteiger partial charge >= 0.3 is 6.03 Å². The minimum absolute atomic E-state index is 0.0805. The standard InChI is InChI=1S/C14H20N2O2S2/c1-10-8-16(9-11(2)19-10)14(17)15-12-5-4-6-13(7-12)20(3)18/h4-7,10-11H,8-9H2,1-3H3,(H,15,17). The molecule has 1 N–H and O–H groups in total. The first-order chi connectivity index (χ1) is 9.45. The molecule has 2 amide bonds. The first kappa shape index (κ1) is 15.4. The maximum atomic E-state index is 12.3. The summed E-state index contributed by atoms with van der Waals surface area (Å²) < 4.78 is 11.5. The van der Waals surface area contributed by atoms with E-state index in [4.69, 9.17) is 0 Å². The minimum atomic E-state index is -1.04. The molecule has 1 heterocycles. The zero-order valence-corrected chi connectivity index (χ0v) is 13.6. The zero-order valence-electron chi connectivity index (χ0n) is 12.0. The molecule has 1 aromatic carbocycles. The van der Waals surface area contributed by atoms with Crippen LogP contribution in [0.25, 0.3) is 0 Å². The maximum Gasteiger partial charge on any atom is 0.321 e. The van der Waals surface area contributed by atoms with E-state index in [1.165, 1.54) is 0 Å². The van der Waals surface area contributed by atoms with Gasteiger partial charge in [0.1, 0.15) is 0 Å². The Morgan fingerprint density at radius 2 is 2.00 bits per heavy atom. The van der Waals surface area contributed by atoms with Crippen LogP contribution in [0.5, 0.6) is 0 Å². The van der Waals surface area contributed by atoms with E-state index in [0.717, 1.165) is 18.0 Å². The number of nitrogens with zero attached hydrogens (tertiary/aromatic N) is 1. The van der Waals surface area contributed by atoms with Crippen LogP contribution in [-0.2, 0) is 10.8 Å². The predicted molar refractivity (Wildman–Crippen MR) is 85.9 cm³/mol. The van der Waals surface area contributed by atoms with Crippen molar-refractivity contribution >= 4 is 34.3 Å². The molecule has 4 nitrogen and oxygen atoms in total. The Kier molecular flexibility index (Phi) is 5.10. The van der Waals surface area contributed by atoms with Crippen LogP contribution in [0.15, 0.2) is 29.2 Å². The third-order valence-electron chi connectivity index (χ3n) is 3.12. The Hall–Kier alpha value is -1.01. The predicted octanol–water partition coefficient (Wildman–Crippen LogP) is 2.78. The summed E-state index contributed by atoms with van der Waals surface area (Å²) in [6.07, 6.45) is 1.63. The van der Waals surface area contributed by atoms with E-state index in [-0.39, 0.29) is 6.03 Å². The second-order valence-corrected chi connectivity index (χ2v) is 8.34. The molecule has 0 aromatic heterocycles. The van der Waals surface area contributed by atoms with Crippen molar-refractivity contribution in [2.75, 3.05) is 24.7 Å². The fraction of sp³-hybridized carbons (Fsp3) is 0.500. The Morgan fingerprint density at radius 3 is 2.60 bits per heavy atom. The summed E-state index contributed by atoms with van der Waals surface area (Å²) in [5.41, 5.74) is 0.696. The quantitative estimate of drug-likeness (QED) is 0.913. The molecule has 1 fully saturated rings. The summed E-state index contributed by atoms with van der Waals surface area (Å²) in [6.45, 7) is 5.81. The molecule has 1 aliphatic rings. The summed E-state index contributed by atoms with van der Waals surface area (Å²) in [6, 6.07) is 7.11. The van der Waals surface area contributed by atoms with Crippen LogP contribution in [-0.4, -0.2) is 45.0 Å². The lowest BCUT2D eigenvalue weighted by atomic mass is 10.3. The van der Waals surface area contributed by atoms with Gasteiger partial charge in [0.2, 0.25) is 0 Å². The van der Waals surface area contributed by atoms with Crippen LogP contribution in [0.4, 0.5) is 10.5 Å². The minimum Gasteiger partial charge on any atom is -0.322 e. The van der Waals surface area contributed by atoms with Gasteiger partial charge in [-0.1, -0.05) is 19.9 Å². The van der Waals surface area contributed by atoms with Crippen LogP contribution in [0.2, 0.25) is 0 Å². The highest BCUT2D eigenvalue weighted by atomic mass is 32.2. The van der Waals surface area contributed by atoms with Crippen LogP contribution in [0.1, 0.15) is 13.8 Å². The molecule has 3 atom stereocenters. The van der Waals surface area contributed by atoms with Crippen molar-refractivity contribution in [2.24, 2.45) is 0 Å². The number of rotatable bonds is 2. The van der Waals surface area contributed by atoms with E-state index in [0.29, 0.717) is 16.2 Å². The molecule has 1 saturated heterocycles. The van der Waals surface area contributed by atoms with Gasteiger partial charge in [-0.2, -0.15) is 11.8 Å². The summed E-state index contributed by atoms with van der Waals surface area (Å²) in [4.78, 5) is 14.8.